The van der Waals surface area contributed by atoms with E-state index >= 15 is 0 Å². The van der Waals surface area contributed by atoms with E-state index in [2.05, 4.69) is 15.2 Å². The third-order valence-corrected chi connectivity index (χ3v) is 5.85. The zero-order chi connectivity index (χ0) is 15.7. The molecule has 0 unspecified atom stereocenters. The summed E-state index contributed by atoms with van der Waals surface area (Å²) < 4.78 is 24.9. The normalized spacial score (nSPS) is 21.8. The Kier molecular flexibility index (Phi) is 4.20. The molecular weight excluding hydrogens is 324 g/mol. The van der Waals surface area contributed by atoms with Crippen LogP contribution in [0.3, 0.4) is 0 Å². The largest absolute Gasteiger partial charge is 0.293 e. The molecule has 0 N–H and O–H groups in total. The van der Waals surface area contributed by atoms with Crippen LogP contribution >= 0.6 is 11.6 Å². The first-order valence-corrected chi connectivity index (χ1v) is 9.24. The SMILES string of the molecule is C[C@@H]1CS(=O)(=O)CCN1Cc1cn(-c2ccc(Cl)cc2)nn1. The van der Waals surface area contributed by atoms with E-state index in [9.17, 15) is 8.42 Å². The van der Waals surface area contributed by atoms with Crippen molar-refractivity contribution in [3.8, 4) is 5.69 Å². The van der Waals surface area contributed by atoms with Gasteiger partial charge in [-0.3, -0.25) is 4.90 Å². The van der Waals surface area contributed by atoms with Crippen molar-refractivity contribution in [1.82, 2.24) is 19.9 Å². The van der Waals surface area contributed by atoms with Gasteiger partial charge in [-0.15, -0.1) is 5.10 Å². The average Bonchev–Trinajstić information content (AvgIpc) is 2.91. The minimum Gasteiger partial charge on any atom is -0.293 e. The van der Waals surface area contributed by atoms with Crippen molar-refractivity contribution >= 4 is 21.4 Å². The third kappa shape index (κ3) is 3.48. The van der Waals surface area contributed by atoms with Gasteiger partial charge in [0.05, 0.1) is 29.1 Å². The maximum atomic E-state index is 11.6. The van der Waals surface area contributed by atoms with E-state index in [1.54, 1.807) is 16.8 Å². The van der Waals surface area contributed by atoms with Crippen LogP contribution in [-0.2, 0) is 16.4 Å². The van der Waals surface area contributed by atoms with Crippen LogP contribution in [0.4, 0.5) is 0 Å². The number of hydrogen-bond acceptors (Lipinski definition) is 5. The second kappa shape index (κ2) is 5.98. The van der Waals surface area contributed by atoms with Crippen LogP contribution < -0.4 is 0 Å². The van der Waals surface area contributed by atoms with E-state index in [0.717, 1.165) is 11.4 Å². The summed E-state index contributed by atoms with van der Waals surface area (Å²) in [5, 5.41) is 8.96. The summed E-state index contributed by atoms with van der Waals surface area (Å²) in [5.41, 5.74) is 1.71. The lowest BCUT2D eigenvalue weighted by Gasteiger charge is -2.32. The fourth-order valence-corrected chi connectivity index (χ4v) is 4.32. The maximum absolute atomic E-state index is 11.6. The van der Waals surface area contributed by atoms with Gasteiger partial charge in [-0.1, -0.05) is 16.8 Å². The number of halogens is 1. The molecule has 118 valence electrons. The zero-order valence-corrected chi connectivity index (χ0v) is 13.8. The molecular formula is C14H17ClN4O2S. The molecule has 1 saturated heterocycles. The van der Waals surface area contributed by atoms with Gasteiger partial charge >= 0.3 is 0 Å². The number of hydrogen-bond donors (Lipinski definition) is 0. The second-order valence-electron chi connectivity index (χ2n) is 5.56. The molecule has 22 heavy (non-hydrogen) atoms. The van der Waals surface area contributed by atoms with E-state index in [-0.39, 0.29) is 17.5 Å². The van der Waals surface area contributed by atoms with Gasteiger partial charge in [0, 0.05) is 24.2 Å². The summed E-state index contributed by atoms with van der Waals surface area (Å²) >= 11 is 5.87. The van der Waals surface area contributed by atoms with Crippen LogP contribution in [0.15, 0.2) is 30.5 Å². The smallest absolute Gasteiger partial charge is 0.153 e. The molecule has 0 amide bonds. The van der Waals surface area contributed by atoms with E-state index in [1.807, 2.05) is 25.3 Å². The summed E-state index contributed by atoms with van der Waals surface area (Å²) in [7, 11) is -2.89. The van der Waals surface area contributed by atoms with Gasteiger partial charge in [-0.2, -0.15) is 0 Å². The van der Waals surface area contributed by atoms with Crippen LogP contribution in [0.25, 0.3) is 5.69 Å². The monoisotopic (exact) mass is 340 g/mol. The van der Waals surface area contributed by atoms with E-state index in [0.29, 0.717) is 18.1 Å². The predicted molar refractivity (Wildman–Crippen MR) is 84.9 cm³/mol. The lowest BCUT2D eigenvalue weighted by molar-refractivity contribution is 0.215. The van der Waals surface area contributed by atoms with Crippen LogP contribution in [-0.4, -0.2) is 52.4 Å². The summed E-state index contributed by atoms with van der Waals surface area (Å²) in [4.78, 5) is 2.12. The fourth-order valence-electron chi connectivity index (χ4n) is 2.57. The molecule has 0 spiro atoms. The van der Waals surface area contributed by atoms with Crippen molar-refractivity contribution in [2.45, 2.75) is 19.5 Å². The minimum absolute atomic E-state index is 0.000526. The van der Waals surface area contributed by atoms with Crippen LogP contribution in [0.2, 0.25) is 5.02 Å². The molecule has 0 bridgehead atoms. The fraction of sp³-hybridized carbons (Fsp3) is 0.429. The van der Waals surface area contributed by atoms with Crippen LogP contribution in [0.5, 0.6) is 0 Å². The van der Waals surface area contributed by atoms with E-state index < -0.39 is 9.84 Å². The van der Waals surface area contributed by atoms with Gasteiger partial charge in [0.15, 0.2) is 9.84 Å². The first-order valence-electron chi connectivity index (χ1n) is 7.04. The highest BCUT2D eigenvalue weighted by Gasteiger charge is 2.28. The molecule has 1 aromatic heterocycles. The van der Waals surface area contributed by atoms with Crippen molar-refractivity contribution in [3.63, 3.8) is 0 Å². The molecule has 6 nitrogen and oxygen atoms in total. The Hall–Kier alpha value is -1.44. The highest BCUT2D eigenvalue weighted by molar-refractivity contribution is 7.91. The van der Waals surface area contributed by atoms with Crippen molar-refractivity contribution in [2.24, 2.45) is 0 Å². The van der Waals surface area contributed by atoms with E-state index in [1.165, 1.54) is 0 Å². The molecule has 1 atom stereocenters. The van der Waals surface area contributed by atoms with Crippen LogP contribution in [0, 0.1) is 0 Å². The Morgan fingerprint density at radius 2 is 2.05 bits per heavy atom. The highest BCUT2D eigenvalue weighted by atomic mass is 35.5. The van der Waals surface area contributed by atoms with E-state index in [4.69, 9.17) is 11.6 Å². The zero-order valence-electron chi connectivity index (χ0n) is 12.2. The van der Waals surface area contributed by atoms with Gasteiger partial charge in [0.2, 0.25) is 0 Å². The average molecular weight is 341 g/mol. The molecule has 1 aliphatic rings. The molecule has 1 fully saturated rings. The Balaban J connectivity index is 1.71. The minimum atomic E-state index is -2.89. The summed E-state index contributed by atoms with van der Waals surface area (Å²) in [6.07, 6.45) is 1.86. The van der Waals surface area contributed by atoms with Gasteiger partial charge in [-0.05, 0) is 31.2 Å². The van der Waals surface area contributed by atoms with Gasteiger partial charge in [-0.25, -0.2) is 13.1 Å². The predicted octanol–water partition coefficient (Wildman–Crippen LogP) is 1.54. The molecule has 8 heteroatoms. The van der Waals surface area contributed by atoms with Crippen molar-refractivity contribution in [3.05, 3.63) is 41.2 Å². The number of nitrogens with zero attached hydrogens (tertiary/aromatic N) is 4. The molecule has 3 rings (SSSR count). The standard InChI is InChI=1S/C14H17ClN4O2S/c1-11-10-22(20,21)7-6-18(11)8-13-9-19(17-16-13)14-4-2-12(15)3-5-14/h2-5,9,11H,6-8,10H2,1H3/t11-/m1/s1. The number of sulfone groups is 1. The first-order chi connectivity index (χ1) is 10.4. The Morgan fingerprint density at radius 3 is 2.73 bits per heavy atom. The Labute approximate surface area is 134 Å². The topological polar surface area (TPSA) is 68.1 Å². The van der Waals surface area contributed by atoms with Crippen molar-refractivity contribution in [2.75, 3.05) is 18.1 Å². The molecule has 0 aliphatic carbocycles. The highest BCUT2D eigenvalue weighted by Crippen LogP contribution is 2.16. The number of benzene rings is 1. The quantitative estimate of drug-likeness (QED) is 0.847. The number of aromatic nitrogens is 3. The summed E-state index contributed by atoms with van der Waals surface area (Å²) in [6.45, 7) is 3.07. The van der Waals surface area contributed by atoms with Gasteiger partial charge < -0.3 is 0 Å². The second-order valence-corrected chi connectivity index (χ2v) is 8.23. The first kappa shape index (κ1) is 15.5. The van der Waals surface area contributed by atoms with Crippen LogP contribution in [0.1, 0.15) is 12.6 Å². The summed E-state index contributed by atoms with van der Waals surface area (Å²) in [6, 6.07) is 7.35. The maximum Gasteiger partial charge on any atom is 0.153 e. The van der Waals surface area contributed by atoms with Gasteiger partial charge in [0.25, 0.3) is 0 Å². The molecule has 2 aromatic rings. The molecule has 2 heterocycles. The molecule has 1 aromatic carbocycles. The third-order valence-electron chi connectivity index (χ3n) is 3.81. The van der Waals surface area contributed by atoms with Crippen molar-refractivity contribution in [1.29, 1.82) is 0 Å². The Morgan fingerprint density at radius 1 is 1.32 bits per heavy atom. The molecule has 0 radical (unpaired) electrons. The lowest BCUT2D eigenvalue weighted by atomic mass is 10.3. The molecule has 1 aliphatic heterocycles. The van der Waals surface area contributed by atoms with Crippen molar-refractivity contribution < 1.29 is 8.42 Å². The number of rotatable bonds is 3. The summed E-state index contributed by atoms with van der Waals surface area (Å²) in [5.74, 6) is 0.418. The van der Waals surface area contributed by atoms with Gasteiger partial charge in [0.1, 0.15) is 0 Å². The Bertz CT molecular complexity index is 757. The lowest BCUT2D eigenvalue weighted by Crippen LogP contribution is -2.46. The molecule has 0 saturated carbocycles.